The zero-order chi connectivity index (χ0) is 102. The van der Waals surface area contributed by atoms with E-state index in [-0.39, 0.29) is 58.8 Å². The molecule has 144 heavy (non-hydrogen) atoms. The molecule has 12 aromatic rings. The molecule has 0 radical (unpaired) electrons. The Morgan fingerprint density at radius 2 is 0.625 bits per heavy atom. The smallest absolute Gasteiger partial charge is 0.222 e. The van der Waals surface area contributed by atoms with Gasteiger partial charge in [0, 0.05) is 158 Å². The molecule has 2 amide bonds. The lowest BCUT2D eigenvalue weighted by molar-refractivity contribution is -0.128. The molecule has 2 N–H and O–H groups in total. The molecule has 0 unspecified atom stereocenters. The molecule has 8 saturated heterocycles. The number of rotatable bonds is 26. The van der Waals surface area contributed by atoms with Crippen LogP contribution < -0.4 is 25.3 Å². The average molecular weight is 2110 g/mol. The molecule has 0 saturated carbocycles. The number of nitrogens with zero attached hydrogens (tertiary/aromatic N) is 29. The predicted molar refractivity (Wildman–Crippen MR) is 568 cm³/mol. The number of benzene rings is 4. The second-order valence-corrected chi connectivity index (χ2v) is 44.0. The van der Waals surface area contributed by atoms with Gasteiger partial charge in [-0.3, -0.25) is 9.59 Å². The van der Waals surface area contributed by atoms with E-state index in [1.165, 1.54) is 77.5 Å². The fourth-order valence-corrected chi connectivity index (χ4v) is 24.0. The van der Waals surface area contributed by atoms with Crippen molar-refractivity contribution in [2.75, 3.05) is 152 Å². The van der Waals surface area contributed by atoms with Crippen molar-refractivity contribution in [3.8, 4) is 24.3 Å². The predicted octanol–water partition coefficient (Wildman–Crippen LogP) is 19.0. The highest BCUT2D eigenvalue weighted by atomic mass is 35.5. The molecule has 8 atom stereocenters. The van der Waals surface area contributed by atoms with Crippen LogP contribution in [0.2, 0.25) is 40.2 Å². The molecular weight excluding hydrogens is 1980 g/mol. The third kappa shape index (κ3) is 23.3. The molecule has 756 valence electrons. The van der Waals surface area contributed by atoms with Crippen molar-refractivity contribution in [1.82, 2.24) is 103 Å². The Morgan fingerprint density at radius 3 is 0.868 bits per heavy atom. The number of hydrogen-bond acceptors (Lipinski definition) is 26. The highest BCUT2D eigenvalue weighted by Crippen LogP contribution is 2.43. The lowest BCUT2D eigenvalue weighted by atomic mass is 9.80. The van der Waals surface area contributed by atoms with Gasteiger partial charge in [-0.05, 0) is 277 Å². The first-order chi connectivity index (χ1) is 69.3. The van der Waals surface area contributed by atoms with E-state index in [0.717, 1.165) is 162 Å². The Kier molecular flexibility index (Phi) is 33.6. The third-order valence-electron chi connectivity index (χ3n) is 30.5. The van der Waals surface area contributed by atoms with Gasteiger partial charge in [-0.25, -0.2) is 58.6 Å². The van der Waals surface area contributed by atoms with Gasteiger partial charge in [0.05, 0.1) is 49.0 Å². The van der Waals surface area contributed by atoms with E-state index in [2.05, 4.69) is 132 Å². The number of carbonyl (C=O) groups is 2. The normalized spacial score (nSPS) is 19.9. The number of aromatic nitrogens is 16. The van der Waals surface area contributed by atoms with E-state index in [0.29, 0.717) is 145 Å². The summed E-state index contributed by atoms with van der Waals surface area (Å²) >= 11 is 50.2. The topological polar surface area (TPSA) is 359 Å². The van der Waals surface area contributed by atoms with Crippen LogP contribution in [0.3, 0.4) is 0 Å². The maximum atomic E-state index is 11.9. The van der Waals surface area contributed by atoms with Gasteiger partial charge in [-0.2, -0.15) is 41.4 Å². The van der Waals surface area contributed by atoms with Gasteiger partial charge in [0.15, 0.2) is 45.4 Å². The van der Waals surface area contributed by atoms with Crippen LogP contribution in [0.4, 0.5) is 23.3 Å². The zero-order valence-corrected chi connectivity index (χ0v) is 89.0. The van der Waals surface area contributed by atoms with Crippen LogP contribution in [0.1, 0.15) is 202 Å². The Bertz CT molecular complexity index is 6640. The molecular formula is C104H122Cl8N30O2. The molecule has 8 aliphatic heterocycles. The number of nitriles is 4. The molecule has 16 heterocycles. The lowest BCUT2D eigenvalue weighted by Crippen LogP contribution is -2.54. The summed E-state index contributed by atoms with van der Waals surface area (Å²) < 4.78 is 6.95. The van der Waals surface area contributed by atoms with E-state index in [4.69, 9.17) is 118 Å². The SMILES string of the molecule is CC(C)N1CCC[C@@H](C2CN(c3cnc4c(C#N)nn([C@H](C)c5ccc(Cl)cc5Cl)c4n3)C2)C1.CC(C)N1CCC[C@H](C2CN(c3cnc4c(C#N)nn([C@H](C)c5ccc(Cl)cc5Cl)c4n3)C2)C1.C[C@H](c1ccc(Cl)cc1Cl)n1nc(C#N)c2ncc(N3CC([C@H]4CCCN(CCCC(=O)N(C)C)C4)C3)nc21.C[C@H](c1ccc(Cl)cc1Cl)n1nc(C#N)c2ncc(N3CC([C@H]4CCCN(CCCC(N)=O)C4)C3)nc21. The minimum Gasteiger partial charge on any atom is -0.370 e. The van der Waals surface area contributed by atoms with Crippen molar-refractivity contribution < 1.29 is 9.59 Å². The number of piperidine rings is 4. The fraction of sp³-hybridized carbons (Fsp3) is 0.519. The molecule has 0 spiro atoms. The van der Waals surface area contributed by atoms with Crippen LogP contribution in [-0.4, -0.2) is 259 Å². The zero-order valence-electron chi connectivity index (χ0n) is 82.9. The number of fused-ring (bicyclic) bond motifs is 4. The van der Waals surface area contributed by atoms with Crippen molar-refractivity contribution >= 4 is 173 Å². The number of carbonyl (C=O) groups excluding carboxylic acids is 2. The number of hydrogen-bond donors (Lipinski definition) is 1. The van der Waals surface area contributed by atoms with E-state index >= 15 is 0 Å². The summed E-state index contributed by atoms with van der Waals surface area (Å²) in [5, 5.41) is 61.1. The van der Waals surface area contributed by atoms with E-state index < -0.39 is 0 Å². The van der Waals surface area contributed by atoms with Crippen molar-refractivity contribution in [3.63, 3.8) is 0 Å². The first-order valence-electron chi connectivity index (χ1n) is 50.1. The Balaban J connectivity index is 0.000000132. The van der Waals surface area contributed by atoms with Crippen molar-refractivity contribution in [2.24, 2.45) is 53.1 Å². The second kappa shape index (κ2) is 46.2. The van der Waals surface area contributed by atoms with Crippen LogP contribution in [0.25, 0.3) is 44.7 Å². The van der Waals surface area contributed by atoms with Crippen LogP contribution in [0, 0.1) is 92.7 Å². The molecule has 32 nitrogen and oxygen atoms in total. The highest BCUT2D eigenvalue weighted by molar-refractivity contribution is 6.37. The van der Waals surface area contributed by atoms with Crippen molar-refractivity contribution in [3.05, 3.63) is 183 Å². The van der Waals surface area contributed by atoms with E-state index in [1.54, 1.807) is 96.9 Å². The minimum atomic E-state index is -0.258. The Hall–Kier alpha value is -10.7. The quantitative estimate of drug-likeness (QED) is 0.0526. The lowest BCUT2D eigenvalue weighted by Gasteiger charge is -2.47. The first kappa shape index (κ1) is 105. The summed E-state index contributed by atoms with van der Waals surface area (Å²) in [6.07, 6.45) is 19.9. The largest absolute Gasteiger partial charge is 0.370 e. The van der Waals surface area contributed by atoms with Crippen molar-refractivity contribution in [2.45, 2.75) is 169 Å². The minimum absolute atomic E-state index is 0.199. The van der Waals surface area contributed by atoms with Gasteiger partial charge in [-0.1, -0.05) is 117 Å². The number of amides is 2. The molecule has 8 aromatic heterocycles. The summed E-state index contributed by atoms with van der Waals surface area (Å²) in [6.45, 7) is 35.9. The molecule has 20 rings (SSSR count). The summed E-state index contributed by atoms with van der Waals surface area (Å²) in [5.74, 6) is 8.59. The number of primary amides is 1. The summed E-state index contributed by atoms with van der Waals surface area (Å²) in [7, 11) is 3.63. The van der Waals surface area contributed by atoms with Gasteiger partial charge in [-0.15, -0.1) is 0 Å². The van der Waals surface area contributed by atoms with Gasteiger partial charge < -0.3 is 49.8 Å². The maximum Gasteiger partial charge on any atom is 0.222 e. The average Bonchev–Trinajstić information content (AvgIpc) is 1.62. The standard InChI is InChI=1S/C28H34Cl2N8O.C26H30Cl2N8O.2C25H29Cl2N7/c1-18(22-9-8-21(29)12-23(22)30)38-28-27(24(13-31)34-38)32-14-25(33-28)37-16-20(17-37)19-6-4-10-36(15-19)11-5-7-26(39)35(2)3;1-16(20-7-6-19(27)10-21(20)28)36-26-25(22(11-29)33-36)31-12-24(32-26)35-14-18(15-35)17-4-2-8-34(13-17)9-3-5-23(30)37;2*1-15(2)32-8-4-5-17(12-32)18-13-33(14-18)23-11-29-24-22(10-28)31-34(25(24)30-23)16(3)20-7-6-19(26)9-21(20)27/h8-9,12,14,18-20H,4-7,10-11,15-17H2,1-3H3;6-7,10,12,16-18H,2-5,8-9,13-15H2,1H3,(H2,30,37);2*6-7,9,11,15-18H,4-5,8,12-14H2,1-3H3/t18-,19+;2*16-,17+;16-,17-/m1111/s1. The van der Waals surface area contributed by atoms with Gasteiger partial charge in [0.2, 0.25) is 11.8 Å². The van der Waals surface area contributed by atoms with Crippen molar-refractivity contribution in [1.29, 1.82) is 21.0 Å². The van der Waals surface area contributed by atoms with E-state index in [9.17, 15) is 30.6 Å². The summed E-state index contributed by atoms with van der Waals surface area (Å²) in [5.41, 5.74) is 14.1. The molecule has 8 aliphatic rings. The van der Waals surface area contributed by atoms with Gasteiger partial charge in [0.1, 0.15) is 69.6 Å². The highest BCUT2D eigenvalue weighted by Gasteiger charge is 2.43. The van der Waals surface area contributed by atoms with Gasteiger partial charge in [0.25, 0.3) is 0 Å². The van der Waals surface area contributed by atoms with E-state index in [1.807, 2.05) is 66.1 Å². The third-order valence-corrected chi connectivity index (χ3v) is 32.7. The maximum absolute atomic E-state index is 11.9. The molecule has 40 heteroatoms. The van der Waals surface area contributed by atoms with Gasteiger partial charge >= 0.3 is 0 Å². The summed E-state index contributed by atoms with van der Waals surface area (Å²) in [6, 6.07) is 30.4. The molecule has 0 aliphatic carbocycles. The van der Waals surface area contributed by atoms with Crippen LogP contribution in [-0.2, 0) is 9.59 Å². The van der Waals surface area contributed by atoms with Crippen LogP contribution >= 0.6 is 92.8 Å². The fourth-order valence-electron chi connectivity index (χ4n) is 21.8. The van der Waals surface area contributed by atoms with Crippen LogP contribution in [0.15, 0.2) is 97.6 Å². The van der Waals surface area contributed by atoms with Crippen LogP contribution in [0.5, 0.6) is 0 Å². The number of nitrogens with two attached hydrogens (primary N) is 1. The Morgan fingerprint density at radius 1 is 0.368 bits per heavy atom. The molecule has 4 aromatic carbocycles. The number of likely N-dealkylation sites (tertiary alicyclic amines) is 4. The number of anilines is 4. The molecule has 0 bridgehead atoms. The Labute approximate surface area is 880 Å². The number of halogens is 8. The monoisotopic (exact) mass is 2100 g/mol. The second-order valence-electron chi connectivity index (χ2n) is 40.6. The molecule has 8 fully saturated rings. The summed E-state index contributed by atoms with van der Waals surface area (Å²) in [4.78, 5) is 81.9. The first-order valence-corrected chi connectivity index (χ1v) is 53.1.